The van der Waals surface area contributed by atoms with Gasteiger partial charge in [0.25, 0.3) is 0 Å². The van der Waals surface area contributed by atoms with E-state index in [0.717, 1.165) is 31.2 Å². The van der Waals surface area contributed by atoms with Crippen molar-refractivity contribution in [2.75, 3.05) is 0 Å². The van der Waals surface area contributed by atoms with Crippen LogP contribution >= 0.6 is 0 Å². The molecule has 146 valence electrons. The summed E-state index contributed by atoms with van der Waals surface area (Å²) in [5.41, 5.74) is 0.787. The van der Waals surface area contributed by atoms with Crippen molar-refractivity contribution in [2.45, 2.75) is 65.4 Å². The summed E-state index contributed by atoms with van der Waals surface area (Å²) in [6, 6.07) is 9.92. The number of carbonyl (C=O) groups excluding carboxylic acids is 1. The van der Waals surface area contributed by atoms with E-state index in [-0.39, 0.29) is 24.0 Å². The van der Waals surface area contributed by atoms with E-state index in [1.165, 1.54) is 0 Å². The molecule has 1 aliphatic carbocycles. The van der Waals surface area contributed by atoms with Crippen LogP contribution in [0.4, 0.5) is 0 Å². The van der Waals surface area contributed by atoms with Gasteiger partial charge in [-0.25, -0.2) is 4.79 Å². The highest BCUT2D eigenvalue weighted by molar-refractivity contribution is 5.90. The highest BCUT2D eigenvalue weighted by Gasteiger charge is 2.38. The second-order valence-corrected chi connectivity index (χ2v) is 8.00. The van der Waals surface area contributed by atoms with Crippen LogP contribution in [-0.4, -0.2) is 17.2 Å². The molecule has 0 spiro atoms. The number of diazo groups is 1. The van der Waals surface area contributed by atoms with Gasteiger partial charge in [0.2, 0.25) is 5.39 Å². The molecule has 27 heavy (non-hydrogen) atoms. The van der Waals surface area contributed by atoms with Gasteiger partial charge in [-0.1, -0.05) is 57.5 Å². The summed E-state index contributed by atoms with van der Waals surface area (Å²) in [5.74, 6) is 0.247. The van der Waals surface area contributed by atoms with Gasteiger partial charge in [-0.15, -0.1) is 0 Å². The first-order valence-corrected chi connectivity index (χ1v) is 9.94. The summed E-state index contributed by atoms with van der Waals surface area (Å²) in [7, 11) is 0. The summed E-state index contributed by atoms with van der Waals surface area (Å²) < 4.78 is 5.66. The van der Waals surface area contributed by atoms with E-state index >= 15 is 0 Å². The van der Waals surface area contributed by atoms with E-state index in [1.54, 1.807) is 0 Å². The molecule has 3 atom stereocenters. The Balaban J connectivity index is 1.98. The molecule has 2 rings (SSSR count). The predicted octanol–water partition coefficient (Wildman–Crippen LogP) is 5.64. The van der Waals surface area contributed by atoms with E-state index in [2.05, 4.69) is 25.7 Å². The topological polar surface area (TPSA) is 74.7 Å². The average molecular weight is 372 g/mol. The second kappa shape index (κ2) is 10.1. The molecule has 0 bridgehead atoms. The summed E-state index contributed by atoms with van der Waals surface area (Å²) in [6.45, 7) is 6.43. The maximum absolute atomic E-state index is 12.5. The molecule has 1 saturated carbocycles. The molecular weight excluding hydrogens is 340 g/mol. The molecular formula is C22H31N2O3+. The van der Waals surface area contributed by atoms with Crippen LogP contribution in [0.2, 0.25) is 0 Å². The van der Waals surface area contributed by atoms with E-state index < -0.39 is 5.97 Å². The van der Waals surface area contributed by atoms with Crippen molar-refractivity contribution in [1.29, 1.82) is 5.39 Å². The summed E-state index contributed by atoms with van der Waals surface area (Å²) in [6.07, 6.45) is 4.45. The maximum atomic E-state index is 12.5. The molecule has 5 heteroatoms. The fraction of sp³-hybridized carbons (Fsp3) is 0.591. The first-order chi connectivity index (χ1) is 12.9. The summed E-state index contributed by atoms with van der Waals surface area (Å²) in [4.78, 5) is 15.5. The van der Waals surface area contributed by atoms with Crippen LogP contribution in [0, 0.1) is 23.1 Å². The van der Waals surface area contributed by atoms with E-state index in [1.807, 2.05) is 30.3 Å². The predicted molar refractivity (Wildman–Crippen MR) is 105 cm³/mol. The average Bonchev–Trinajstić information content (AvgIpc) is 2.63. The lowest BCUT2D eigenvalue weighted by atomic mass is 9.75. The van der Waals surface area contributed by atoms with Crippen molar-refractivity contribution >= 4 is 5.97 Å². The Morgan fingerprint density at radius 1 is 1.30 bits per heavy atom. The Morgan fingerprint density at radius 2 is 2.00 bits per heavy atom. The van der Waals surface area contributed by atoms with E-state index in [4.69, 9.17) is 4.74 Å². The molecule has 1 N–H and O–H groups in total. The molecule has 1 aromatic rings. The zero-order valence-electron chi connectivity index (χ0n) is 16.6. The van der Waals surface area contributed by atoms with E-state index in [0.29, 0.717) is 24.2 Å². The third kappa shape index (κ3) is 6.09. The van der Waals surface area contributed by atoms with Gasteiger partial charge in [-0.05, 0) is 49.0 Å². The Bertz CT molecular complexity index is 691. The Kier molecular flexibility index (Phi) is 7.84. The van der Waals surface area contributed by atoms with Crippen LogP contribution < -0.4 is 0 Å². The number of hydrogen-bond donors (Lipinski definition) is 1. The normalized spacial score (nSPS) is 23.4. The van der Waals surface area contributed by atoms with Gasteiger partial charge in [0, 0.05) is 6.42 Å². The largest absolute Gasteiger partial charge is 0.505 e. The number of aryl methyl sites for hydroxylation is 1. The quantitative estimate of drug-likeness (QED) is 0.291. The smallest absolute Gasteiger partial charge is 0.505 e. The number of rotatable bonds is 7. The Hall–Kier alpha value is -2.35. The van der Waals surface area contributed by atoms with Crippen molar-refractivity contribution in [3.63, 3.8) is 0 Å². The van der Waals surface area contributed by atoms with E-state index in [9.17, 15) is 15.3 Å². The first kappa shape index (κ1) is 21.0. The molecule has 0 aromatic heterocycles. The lowest BCUT2D eigenvalue weighted by molar-refractivity contribution is -0.150. The number of benzene rings is 1. The first-order valence-electron chi connectivity index (χ1n) is 9.94. The highest BCUT2D eigenvalue weighted by atomic mass is 16.5. The van der Waals surface area contributed by atoms with Crippen molar-refractivity contribution in [3.05, 3.63) is 52.3 Å². The van der Waals surface area contributed by atoms with Crippen LogP contribution in [0.3, 0.4) is 0 Å². The number of esters is 1. The lowest BCUT2D eigenvalue weighted by Gasteiger charge is -2.36. The van der Waals surface area contributed by atoms with Crippen LogP contribution in [0.5, 0.6) is 0 Å². The van der Waals surface area contributed by atoms with Gasteiger partial charge in [-0.3, -0.25) is 0 Å². The molecule has 0 saturated heterocycles. The summed E-state index contributed by atoms with van der Waals surface area (Å²) in [5, 5.41) is 19.5. The minimum Gasteiger partial charge on any atom is -0.505 e. The lowest BCUT2D eigenvalue weighted by Crippen LogP contribution is -2.36. The zero-order valence-corrected chi connectivity index (χ0v) is 16.6. The fourth-order valence-corrected chi connectivity index (χ4v) is 3.88. The van der Waals surface area contributed by atoms with Gasteiger partial charge in [0.15, 0.2) is 10.7 Å². The molecule has 1 aromatic carbocycles. The monoisotopic (exact) mass is 371 g/mol. The van der Waals surface area contributed by atoms with Crippen molar-refractivity contribution in [2.24, 2.45) is 17.8 Å². The number of ether oxygens (including phenoxy) is 1. The minimum absolute atomic E-state index is 0.199. The number of hydrogen-bond acceptors (Lipinski definition) is 4. The van der Waals surface area contributed by atoms with Gasteiger partial charge in [-0.2, -0.15) is 0 Å². The molecule has 0 amide bonds. The number of aliphatic hydroxyl groups excluding tert-OH is 1. The van der Waals surface area contributed by atoms with Crippen molar-refractivity contribution in [1.82, 2.24) is 0 Å². The van der Waals surface area contributed by atoms with Crippen LogP contribution in [0.15, 0.2) is 41.8 Å². The van der Waals surface area contributed by atoms with Gasteiger partial charge < -0.3 is 9.84 Å². The van der Waals surface area contributed by atoms with Crippen molar-refractivity contribution < 1.29 is 14.6 Å². The zero-order chi connectivity index (χ0) is 19.8. The molecule has 5 nitrogen and oxygen atoms in total. The Morgan fingerprint density at radius 3 is 2.63 bits per heavy atom. The third-order valence-electron chi connectivity index (χ3n) is 5.51. The molecule has 0 aliphatic heterocycles. The number of aliphatic hydroxyl groups is 1. The van der Waals surface area contributed by atoms with Crippen LogP contribution in [0.25, 0.3) is 4.98 Å². The molecule has 1 fully saturated rings. The molecule has 0 unspecified atom stereocenters. The van der Waals surface area contributed by atoms with Gasteiger partial charge in [0.1, 0.15) is 6.10 Å². The second-order valence-electron chi connectivity index (χ2n) is 8.00. The molecule has 0 heterocycles. The number of carbonyl (C=O) groups is 1. The van der Waals surface area contributed by atoms with Gasteiger partial charge >= 0.3 is 11.7 Å². The molecule has 0 radical (unpaired) electrons. The minimum atomic E-state index is -0.737. The fourth-order valence-electron chi connectivity index (χ4n) is 3.88. The standard InChI is InChI=1S/C22H30N2O3/c1-15(2)18-13-12-16(3)14-20(18)27-22(26)21(24-23)19(25)11-7-10-17-8-5-4-6-9-17/h4-6,8-9,15-16,18,20H,7,10-14H2,1-3H3/p+1/t16-,18+,20+/m1/s1. The highest BCUT2D eigenvalue weighted by Crippen LogP contribution is 2.35. The number of nitrogens with zero attached hydrogens (tertiary/aromatic N) is 2. The van der Waals surface area contributed by atoms with Crippen LogP contribution in [0.1, 0.15) is 58.4 Å². The summed E-state index contributed by atoms with van der Waals surface area (Å²) >= 11 is 0. The third-order valence-corrected chi connectivity index (χ3v) is 5.51. The van der Waals surface area contributed by atoms with Crippen LogP contribution in [-0.2, 0) is 16.0 Å². The Labute approximate surface area is 162 Å². The maximum Gasteiger partial charge on any atom is 0.505 e. The molecule has 1 aliphatic rings. The van der Waals surface area contributed by atoms with Crippen molar-refractivity contribution in [3.8, 4) is 0 Å². The SMILES string of the molecule is CC(C)[C@@H]1CC[C@@H](C)C[C@@H]1OC(=O)/C([N+]#N)=C(\O)CCCc1ccccc1. The van der Waals surface area contributed by atoms with Gasteiger partial charge in [0.05, 0.1) is 0 Å². The number of allylic oxidation sites excluding steroid dienone is 1.